The Morgan fingerprint density at radius 1 is 1.05 bits per heavy atom. The Bertz CT molecular complexity index is 1720. The number of likely N-dealkylation sites (tertiary alicyclic amines) is 1. The summed E-state index contributed by atoms with van der Waals surface area (Å²) in [5, 5.41) is 13.0. The summed E-state index contributed by atoms with van der Waals surface area (Å²) < 4.78 is 30.5. The van der Waals surface area contributed by atoms with E-state index in [1.165, 1.54) is 28.0 Å². The van der Waals surface area contributed by atoms with Crippen molar-refractivity contribution in [2.45, 2.75) is 29.5 Å². The molecule has 2 saturated heterocycles. The molecular weight excluding hydrogens is 606 g/mol. The third-order valence-electron chi connectivity index (χ3n) is 7.40. The lowest BCUT2D eigenvalue weighted by Crippen LogP contribution is -2.57. The van der Waals surface area contributed by atoms with E-state index in [4.69, 9.17) is 11.6 Å². The number of sulfonamides is 1. The number of benzene rings is 1. The summed E-state index contributed by atoms with van der Waals surface area (Å²) in [5.74, 6) is -0.431. The average Bonchev–Trinajstić information content (AvgIpc) is 3.74. The van der Waals surface area contributed by atoms with Gasteiger partial charge in [-0.15, -0.1) is 22.7 Å². The fraction of sp³-hybridized carbons (Fsp3) is 0.333. The third kappa shape index (κ3) is 5.69. The van der Waals surface area contributed by atoms with E-state index in [1.807, 2.05) is 0 Å². The number of hydrogen-bond donors (Lipinski definition) is 0. The van der Waals surface area contributed by atoms with Gasteiger partial charge in [0.1, 0.15) is 4.21 Å². The number of rotatable bonds is 6. The Morgan fingerprint density at radius 2 is 1.80 bits per heavy atom. The van der Waals surface area contributed by atoms with Crippen LogP contribution in [-0.4, -0.2) is 78.1 Å². The summed E-state index contributed by atoms with van der Waals surface area (Å²) in [6.07, 6.45) is 6.23. The number of thiazole rings is 1. The van der Waals surface area contributed by atoms with Crippen LogP contribution in [0.25, 0.3) is 20.5 Å². The molecule has 5 heterocycles. The monoisotopic (exact) mass is 631 g/mol. The van der Waals surface area contributed by atoms with Crippen LogP contribution in [0.15, 0.2) is 59.2 Å². The average molecular weight is 632 g/mol. The Balaban J connectivity index is 1.26. The van der Waals surface area contributed by atoms with E-state index >= 15 is 0 Å². The first-order valence-electron chi connectivity index (χ1n) is 13.1. The van der Waals surface area contributed by atoms with Crippen molar-refractivity contribution in [1.29, 1.82) is 0 Å². The zero-order valence-electron chi connectivity index (χ0n) is 21.8. The Hall–Kier alpha value is -3.10. The number of carbonyl (C=O) groups is 2. The van der Waals surface area contributed by atoms with Crippen molar-refractivity contribution in [3.63, 3.8) is 0 Å². The molecule has 0 spiro atoms. The minimum absolute atomic E-state index is 0.00305. The van der Waals surface area contributed by atoms with Gasteiger partial charge in [0.05, 0.1) is 10.9 Å². The second-order valence-corrected chi connectivity index (χ2v) is 14.7. The number of nitrogens with zero attached hydrogens (tertiary/aromatic N) is 5. The van der Waals surface area contributed by atoms with Gasteiger partial charge >= 0.3 is 0 Å². The van der Waals surface area contributed by atoms with Gasteiger partial charge in [-0.25, -0.2) is 13.4 Å². The van der Waals surface area contributed by atoms with Gasteiger partial charge < -0.3 is 15.0 Å². The predicted octanol–water partition coefficient (Wildman–Crippen LogP) is 3.84. The van der Waals surface area contributed by atoms with E-state index in [0.717, 1.165) is 44.7 Å². The van der Waals surface area contributed by atoms with Crippen LogP contribution >= 0.6 is 34.3 Å². The van der Waals surface area contributed by atoms with Crippen molar-refractivity contribution in [2.75, 3.05) is 32.7 Å². The zero-order chi connectivity index (χ0) is 28.7. The van der Waals surface area contributed by atoms with Gasteiger partial charge in [-0.05, 0) is 36.4 Å². The van der Waals surface area contributed by atoms with Gasteiger partial charge in [-0.2, -0.15) is 9.04 Å². The van der Waals surface area contributed by atoms with Crippen LogP contribution in [0.2, 0.25) is 5.02 Å². The van der Waals surface area contributed by atoms with Gasteiger partial charge in [0.25, 0.3) is 15.9 Å². The molecule has 2 amide bonds. The van der Waals surface area contributed by atoms with E-state index in [2.05, 4.69) is 4.98 Å². The second kappa shape index (κ2) is 11.3. The highest BCUT2D eigenvalue weighted by molar-refractivity contribution is 7.91. The van der Waals surface area contributed by atoms with Crippen LogP contribution < -0.4 is 4.73 Å². The Morgan fingerprint density at radius 3 is 2.56 bits per heavy atom. The minimum atomic E-state index is -3.87. The second-order valence-electron chi connectivity index (χ2n) is 10.0. The fourth-order valence-corrected chi connectivity index (χ4v) is 9.40. The van der Waals surface area contributed by atoms with E-state index < -0.39 is 16.1 Å². The standard InChI is InChI=1S/C27H26ClN5O5S3/c28-20-4-3-19-13-25(39-22(19)14-20)41(37,38)32-11-12-33(21(17-32)15-24(34)30-7-1-2-8-30)27(35)26-29-16-23(40-26)18-5-9-31(36)10-6-18/h3-6,9-10,13-14,16,21H,1-2,7-8,11-12,15,17H2. The number of amides is 2. The van der Waals surface area contributed by atoms with Crippen LogP contribution in [-0.2, 0) is 14.8 Å². The molecule has 2 aliphatic heterocycles. The van der Waals surface area contributed by atoms with Crippen molar-refractivity contribution < 1.29 is 22.7 Å². The molecule has 3 aromatic heterocycles. The molecule has 1 atom stereocenters. The molecule has 1 aromatic carbocycles. The lowest BCUT2D eigenvalue weighted by atomic mass is 10.1. The number of pyridine rings is 1. The molecule has 1 unspecified atom stereocenters. The summed E-state index contributed by atoms with van der Waals surface area (Å²) in [7, 11) is -3.87. The number of piperazine rings is 1. The summed E-state index contributed by atoms with van der Waals surface area (Å²) in [6, 6.07) is 9.55. The molecule has 0 aliphatic carbocycles. The molecular formula is C27H26ClN5O5S3. The summed E-state index contributed by atoms with van der Waals surface area (Å²) in [5.41, 5.74) is 0.759. The topological polar surface area (TPSA) is 118 Å². The first-order chi connectivity index (χ1) is 19.7. The molecule has 0 bridgehead atoms. The molecule has 4 aromatic rings. The number of aromatic nitrogens is 2. The van der Waals surface area contributed by atoms with Crippen LogP contribution in [0.3, 0.4) is 0 Å². The highest BCUT2D eigenvalue weighted by Crippen LogP contribution is 2.34. The maximum absolute atomic E-state index is 13.7. The van der Waals surface area contributed by atoms with E-state index in [9.17, 15) is 23.2 Å². The van der Waals surface area contributed by atoms with Crippen molar-refractivity contribution in [2.24, 2.45) is 0 Å². The zero-order valence-corrected chi connectivity index (χ0v) is 25.0. The molecule has 41 heavy (non-hydrogen) atoms. The summed E-state index contributed by atoms with van der Waals surface area (Å²) in [6.45, 7) is 1.56. The molecule has 0 radical (unpaired) electrons. The smallest absolute Gasteiger partial charge is 0.283 e. The van der Waals surface area contributed by atoms with Crippen molar-refractivity contribution in [3.8, 4) is 10.4 Å². The number of fused-ring (bicyclic) bond motifs is 1. The third-order valence-corrected chi connectivity index (χ3v) is 12.1. The highest BCUT2D eigenvalue weighted by Gasteiger charge is 2.39. The number of halogens is 1. The Kier molecular flexibility index (Phi) is 7.72. The van der Waals surface area contributed by atoms with Gasteiger partial charge in [0.15, 0.2) is 17.4 Å². The first-order valence-corrected chi connectivity index (χ1v) is 16.6. The maximum atomic E-state index is 13.7. The van der Waals surface area contributed by atoms with Gasteiger partial charge in [0.2, 0.25) is 5.91 Å². The summed E-state index contributed by atoms with van der Waals surface area (Å²) in [4.78, 5) is 35.3. The maximum Gasteiger partial charge on any atom is 0.283 e. The van der Waals surface area contributed by atoms with E-state index in [0.29, 0.717) is 22.8 Å². The molecule has 214 valence electrons. The summed E-state index contributed by atoms with van der Waals surface area (Å²) >= 11 is 8.46. The molecule has 6 rings (SSSR count). The number of hydrogen-bond acceptors (Lipinski definition) is 8. The Labute approximate surface area is 250 Å². The van der Waals surface area contributed by atoms with Gasteiger partial charge in [0, 0.05) is 72.8 Å². The van der Waals surface area contributed by atoms with Crippen molar-refractivity contribution >= 4 is 66.2 Å². The normalized spacial score (nSPS) is 18.3. The SMILES string of the molecule is O=C(CC1CN(S(=O)(=O)c2cc3ccc(Cl)cc3s2)CCN1C(=O)c1ncc(-c2cc[n+]([O-])cc2)s1)N1CCCC1. The highest BCUT2D eigenvalue weighted by atomic mass is 35.5. The van der Waals surface area contributed by atoms with Gasteiger partial charge in [-0.3, -0.25) is 9.59 Å². The lowest BCUT2D eigenvalue weighted by molar-refractivity contribution is -0.605. The van der Waals surface area contributed by atoms with Crippen LogP contribution in [0, 0.1) is 5.21 Å². The van der Waals surface area contributed by atoms with Crippen molar-refractivity contribution in [3.05, 3.63) is 70.2 Å². The quantitative estimate of drug-likeness (QED) is 0.236. The van der Waals surface area contributed by atoms with Crippen LogP contribution in [0.4, 0.5) is 0 Å². The molecule has 0 N–H and O–H groups in total. The molecule has 10 nitrogen and oxygen atoms in total. The molecule has 0 saturated carbocycles. The van der Waals surface area contributed by atoms with E-state index in [1.54, 1.807) is 52.4 Å². The van der Waals surface area contributed by atoms with Crippen LogP contribution in [0.1, 0.15) is 29.1 Å². The predicted molar refractivity (Wildman–Crippen MR) is 157 cm³/mol. The minimum Gasteiger partial charge on any atom is -0.619 e. The lowest BCUT2D eigenvalue weighted by Gasteiger charge is -2.40. The molecule has 14 heteroatoms. The molecule has 2 aliphatic rings. The fourth-order valence-electron chi connectivity index (χ4n) is 5.23. The number of carbonyl (C=O) groups excluding carboxylic acids is 2. The van der Waals surface area contributed by atoms with Crippen LogP contribution in [0.5, 0.6) is 0 Å². The van der Waals surface area contributed by atoms with E-state index in [-0.39, 0.29) is 47.1 Å². The van der Waals surface area contributed by atoms with Crippen molar-refractivity contribution in [1.82, 2.24) is 19.1 Å². The van der Waals surface area contributed by atoms with Gasteiger partial charge in [-0.1, -0.05) is 17.7 Å². The largest absolute Gasteiger partial charge is 0.619 e. The molecule has 2 fully saturated rings. The number of thiophene rings is 1. The first kappa shape index (κ1) is 28.0.